The number of nitro groups is 2. The Kier molecular flexibility index (Phi) is 7.34. The van der Waals surface area contributed by atoms with E-state index in [1.165, 1.54) is 36.4 Å². The maximum absolute atomic E-state index is 13.0. The van der Waals surface area contributed by atoms with Crippen LogP contribution in [-0.2, 0) is 4.79 Å². The molecule has 0 spiro atoms. The van der Waals surface area contributed by atoms with Crippen molar-refractivity contribution >= 4 is 46.6 Å². The van der Waals surface area contributed by atoms with Gasteiger partial charge in [-0.15, -0.1) is 0 Å². The molecule has 0 saturated heterocycles. The first kappa shape index (κ1) is 24.1. The van der Waals surface area contributed by atoms with Crippen LogP contribution in [0.15, 0.2) is 72.4 Å². The number of nitrogens with zero attached hydrogens (tertiary/aromatic N) is 2. The first-order chi connectivity index (χ1) is 16.1. The van der Waals surface area contributed by atoms with E-state index in [9.17, 15) is 29.8 Å². The van der Waals surface area contributed by atoms with Crippen molar-refractivity contribution in [1.82, 2.24) is 5.32 Å². The lowest BCUT2D eigenvalue weighted by atomic mass is 10.1. The van der Waals surface area contributed by atoms with Gasteiger partial charge in [-0.25, -0.2) is 0 Å². The highest BCUT2D eigenvalue weighted by Crippen LogP contribution is 2.23. The highest BCUT2D eigenvalue weighted by atomic mass is 35.5. The maximum atomic E-state index is 13.0. The predicted molar refractivity (Wildman–Crippen MR) is 126 cm³/mol. The average molecular weight is 481 g/mol. The summed E-state index contributed by atoms with van der Waals surface area (Å²) in [5, 5.41) is 27.2. The molecular formula is C23H17ClN4O6. The molecule has 0 aliphatic rings. The minimum absolute atomic E-state index is 0.0584. The number of aryl methyl sites for hydroxylation is 1. The fourth-order valence-electron chi connectivity index (χ4n) is 2.96. The Morgan fingerprint density at radius 2 is 1.59 bits per heavy atom. The van der Waals surface area contributed by atoms with Gasteiger partial charge in [0.25, 0.3) is 23.2 Å². The number of hydrogen-bond acceptors (Lipinski definition) is 6. The number of halogens is 1. The van der Waals surface area contributed by atoms with Crippen molar-refractivity contribution in [3.63, 3.8) is 0 Å². The molecule has 3 aromatic carbocycles. The van der Waals surface area contributed by atoms with Gasteiger partial charge in [0, 0.05) is 30.0 Å². The molecule has 0 aromatic heterocycles. The van der Waals surface area contributed by atoms with Crippen molar-refractivity contribution in [2.45, 2.75) is 6.92 Å². The van der Waals surface area contributed by atoms with E-state index in [0.29, 0.717) is 5.69 Å². The average Bonchev–Trinajstić information content (AvgIpc) is 2.78. The molecule has 0 unspecified atom stereocenters. The Bertz CT molecular complexity index is 1340. The molecule has 0 heterocycles. The summed E-state index contributed by atoms with van der Waals surface area (Å²) in [5.74, 6) is -1.59. The van der Waals surface area contributed by atoms with E-state index in [4.69, 9.17) is 11.6 Å². The third kappa shape index (κ3) is 6.02. The van der Waals surface area contributed by atoms with E-state index < -0.39 is 21.7 Å². The molecule has 10 nitrogen and oxygen atoms in total. The molecule has 0 aliphatic heterocycles. The maximum Gasteiger partial charge on any atom is 0.272 e. The lowest BCUT2D eigenvalue weighted by molar-refractivity contribution is -0.385. The van der Waals surface area contributed by atoms with Gasteiger partial charge < -0.3 is 10.6 Å². The zero-order valence-electron chi connectivity index (χ0n) is 17.7. The second-order valence-corrected chi connectivity index (χ2v) is 7.52. The second-order valence-electron chi connectivity index (χ2n) is 7.11. The molecule has 0 aliphatic carbocycles. The van der Waals surface area contributed by atoms with Crippen LogP contribution in [0.5, 0.6) is 0 Å². The number of anilines is 1. The zero-order valence-corrected chi connectivity index (χ0v) is 18.4. The molecule has 0 fully saturated rings. The number of carbonyl (C=O) groups excluding carboxylic acids is 2. The van der Waals surface area contributed by atoms with Gasteiger partial charge in [0.2, 0.25) is 0 Å². The molecule has 34 heavy (non-hydrogen) atoms. The van der Waals surface area contributed by atoms with Gasteiger partial charge in [-0.1, -0.05) is 35.9 Å². The number of carbonyl (C=O) groups is 2. The molecule has 11 heteroatoms. The van der Waals surface area contributed by atoms with Crippen LogP contribution >= 0.6 is 11.6 Å². The molecule has 0 atom stereocenters. The lowest BCUT2D eigenvalue weighted by Gasteiger charge is -2.12. The molecule has 0 radical (unpaired) electrons. The third-order valence-electron chi connectivity index (χ3n) is 4.57. The first-order valence-electron chi connectivity index (χ1n) is 9.73. The fraction of sp³-hybridized carbons (Fsp3) is 0.0435. The van der Waals surface area contributed by atoms with E-state index in [1.807, 2.05) is 13.0 Å². The predicted octanol–water partition coefficient (Wildman–Crippen LogP) is 4.87. The summed E-state index contributed by atoms with van der Waals surface area (Å²) in [7, 11) is 0. The SMILES string of the molecule is Cc1cccc(NC(=O)C(=Cc2cccc([N+](=O)[O-])c2)NC(=O)c2cc([N+](=O)[O-])ccc2Cl)c1. The van der Waals surface area contributed by atoms with Gasteiger partial charge in [-0.05, 0) is 42.3 Å². The summed E-state index contributed by atoms with van der Waals surface area (Å²) < 4.78 is 0. The summed E-state index contributed by atoms with van der Waals surface area (Å²) in [6.45, 7) is 1.83. The molecule has 2 N–H and O–H groups in total. The van der Waals surface area contributed by atoms with E-state index in [-0.39, 0.29) is 33.2 Å². The molecule has 172 valence electrons. The second kappa shape index (κ2) is 10.4. The van der Waals surface area contributed by atoms with Crippen molar-refractivity contribution in [3.8, 4) is 0 Å². The van der Waals surface area contributed by atoms with E-state index in [1.54, 1.807) is 18.2 Å². The smallest absolute Gasteiger partial charge is 0.272 e. The van der Waals surface area contributed by atoms with Gasteiger partial charge in [-0.2, -0.15) is 0 Å². The monoisotopic (exact) mass is 480 g/mol. The zero-order chi connectivity index (χ0) is 24.8. The van der Waals surface area contributed by atoms with Gasteiger partial charge in [0.15, 0.2) is 0 Å². The Morgan fingerprint density at radius 1 is 0.912 bits per heavy atom. The Morgan fingerprint density at radius 3 is 2.26 bits per heavy atom. The summed E-state index contributed by atoms with van der Waals surface area (Å²) >= 11 is 6.04. The normalized spacial score (nSPS) is 10.9. The summed E-state index contributed by atoms with van der Waals surface area (Å²) in [6.07, 6.45) is 1.25. The molecule has 3 rings (SSSR count). The number of rotatable bonds is 7. The Labute approximate surface area is 198 Å². The number of amides is 2. The molecule has 3 aromatic rings. The van der Waals surface area contributed by atoms with Crippen molar-refractivity contribution in [3.05, 3.63) is 114 Å². The van der Waals surface area contributed by atoms with E-state index in [0.717, 1.165) is 17.7 Å². The summed E-state index contributed by atoms with van der Waals surface area (Å²) in [4.78, 5) is 46.8. The van der Waals surface area contributed by atoms with Crippen molar-refractivity contribution in [2.75, 3.05) is 5.32 Å². The van der Waals surface area contributed by atoms with Crippen LogP contribution in [0.4, 0.5) is 17.1 Å². The van der Waals surface area contributed by atoms with E-state index in [2.05, 4.69) is 10.6 Å². The molecule has 2 amide bonds. The largest absolute Gasteiger partial charge is 0.321 e. The molecule has 0 saturated carbocycles. The Hall–Kier alpha value is -4.57. The first-order valence-corrected chi connectivity index (χ1v) is 10.1. The highest BCUT2D eigenvalue weighted by molar-refractivity contribution is 6.34. The number of nitro benzene ring substituents is 2. The van der Waals surface area contributed by atoms with Gasteiger partial charge in [0.05, 0.1) is 20.4 Å². The van der Waals surface area contributed by atoms with Crippen LogP contribution in [0.25, 0.3) is 6.08 Å². The van der Waals surface area contributed by atoms with Gasteiger partial charge in [0.1, 0.15) is 5.70 Å². The van der Waals surface area contributed by atoms with Crippen LogP contribution < -0.4 is 10.6 Å². The number of hydrogen-bond donors (Lipinski definition) is 2. The van der Waals surface area contributed by atoms with Crippen LogP contribution in [0.1, 0.15) is 21.5 Å². The van der Waals surface area contributed by atoms with Crippen molar-refractivity contribution < 1.29 is 19.4 Å². The number of benzene rings is 3. The fourth-order valence-corrected chi connectivity index (χ4v) is 3.17. The van der Waals surface area contributed by atoms with Crippen LogP contribution in [0, 0.1) is 27.2 Å². The molecular weight excluding hydrogens is 464 g/mol. The molecule has 0 bridgehead atoms. The topological polar surface area (TPSA) is 144 Å². The number of nitrogens with one attached hydrogen (secondary N) is 2. The van der Waals surface area contributed by atoms with Crippen molar-refractivity contribution in [2.24, 2.45) is 0 Å². The van der Waals surface area contributed by atoms with Crippen LogP contribution in [0.3, 0.4) is 0 Å². The highest BCUT2D eigenvalue weighted by Gasteiger charge is 2.20. The van der Waals surface area contributed by atoms with Crippen LogP contribution in [0.2, 0.25) is 5.02 Å². The van der Waals surface area contributed by atoms with E-state index >= 15 is 0 Å². The summed E-state index contributed by atoms with van der Waals surface area (Å²) in [6, 6.07) is 15.7. The third-order valence-corrected chi connectivity index (χ3v) is 4.90. The van der Waals surface area contributed by atoms with Gasteiger partial charge in [-0.3, -0.25) is 29.8 Å². The summed E-state index contributed by atoms with van der Waals surface area (Å²) in [5.41, 5.74) is 0.572. The van der Waals surface area contributed by atoms with Gasteiger partial charge >= 0.3 is 0 Å². The van der Waals surface area contributed by atoms with Crippen LogP contribution in [-0.4, -0.2) is 21.7 Å². The van der Waals surface area contributed by atoms with Crippen molar-refractivity contribution in [1.29, 1.82) is 0 Å². The Balaban J connectivity index is 1.99. The quantitative estimate of drug-likeness (QED) is 0.280. The number of non-ortho nitro benzene ring substituents is 2. The standard InChI is InChI=1S/C23H17ClN4O6/c1-14-4-2-6-16(10-14)25-23(30)21(12-15-5-3-7-17(11-15)27(31)32)26-22(29)19-13-18(28(33)34)8-9-20(19)24/h2-13H,1H3,(H,25,30)(H,26,29). The minimum Gasteiger partial charge on any atom is -0.321 e. The minimum atomic E-state index is -0.871. The lowest BCUT2D eigenvalue weighted by Crippen LogP contribution is -2.31.